The van der Waals surface area contributed by atoms with Crippen molar-refractivity contribution in [3.8, 4) is 5.75 Å². The van der Waals surface area contributed by atoms with Crippen LogP contribution in [0.1, 0.15) is 31.1 Å². The summed E-state index contributed by atoms with van der Waals surface area (Å²) >= 11 is 0. The first-order valence-electron chi connectivity index (χ1n) is 8.51. The van der Waals surface area contributed by atoms with Crippen molar-refractivity contribution < 1.29 is 23.9 Å². The Morgan fingerprint density at radius 3 is 2.00 bits per heavy atom. The van der Waals surface area contributed by atoms with Gasteiger partial charge in [-0.1, -0.05) is 0 Å². The quantitative estimate of drug-likeness (QED) is 0.730. The average molecular weight is 370 g/mol. The number of hydrogen-bond acceptors (Lipinski definition) is 5. The van der Waals surface area contributed by atoms with Gasteiger partial charge in [-0.2, -0.15) is 0 Å². The lowest BCUT2D eigenvalue weighted by Gasteiger charge is -2.15. The van der Waals surface area contributed by atoms with E-state index in [4.69, 9.17) is 9.47 Å². The molecule has 7 nitrogen and oxygen atoms in total. The fourth-order valence-corrected chi connectivity index (χ4v) is 2.23. The lowest BCUT2D eigenvalue weighted by Crippen LogP contribution is -2.30. The summed E-state index contributed by atoms with van der Waals surface area (Å²) < 4.78 is 10.5. The molecule has 0 heterocycles. The smallest absolute Gasteiger partial charge is 0.338 e. The van der Waals surface area contributed by atoms with Crippen LogP contribution in [0.25, 0.3) is 0 Å². The number of benzene rings is 2. The zero-order valence-corrected chi connectivity index (χ0v) is 15.4. The fraction of sp³-hybridized carbons (Fsp3) is 0.250. The van der Waals surface area contributed by atoms with E-state index in [9.17, 15) is 14.4 Å². The number of amides is 2. The summed E-state index contributed by atoms with van der Waals surface area (Å²) in [6.07, 6.45) is -0.742. The van der Waals surface area contributed by atoms with Crippen molar-refractivity contribution in [2.45, 2.75) is 26.9 Å². The summed E-state index contributed by atoms with van der Waals surface area (Å²) in [4.78, 5) is 34.9. The van der Waals surface area contributed by atoms with E-state index in [0.29, 0.717) is 29.3 Å². The van der Waals surface area contributed by atoms with Gasteiger partial charge in [-0.15, -0.1) is 0 Å². The molecule has 27 heavy (non-hydrogen) atoms. The molecule has 0 aromatic heterocycles. The second-order valence-electron chi connectivity index (χ2n) is 5.75. The van der Waals surface area contributed by atoms with Gasteiger partial charge in [0.2, 0.25) is 5.91 Å². The van der Waals surface area contributed by atoms with E-state index in [1.807, 2.05) is 0 Å². The van der Waals surface area contributed by atoms with Crippen molar-refractivity contribution >= 4 is 29.2 Å². The van der Waals surface area contributed by atoms with E-state index in [1.54, 1.807) is 62.4 Å². The maximum absolute atomic E-state index is 12.3. The summed E-state index contributed by atoms with van der Waals surface area (Å²) in [5.74, 6) is -0.427. The minimum atomic E-state index is -0.742. The number of anilines is 2. The van der Waals surface area contributed by atoms with Crippen LogP contribution in [0.3, 0.4) is 0 Å². The van der Waals surface area contributed by atoms with Crippen LogP contribution in [0.5, 0.6) is 5.75 Å². The van der Waals surface area contributed by atoms with Gasteiger partial charge in [-0.3, -0.25) is 9.59 Å². The largest absolute Gasteiger partial charge is 0.481 e. The van der Waals surface area contributed by atoms with Crippen LogP contribution >= 0.6 is 0 Å². The van der Waals surface area contributed by atoms with Crippen molar-refractivity contribution in [2.75, 3.05) is 17.2 Å². The molecule has 0 bridgehead atoms. The topological polar surface area (TPSA) is 93.7 Å². The molecule has 1 atom stereocenters. The van der Waals surface area contributed by atoms with Crippen LogP contribution in [-0.2, 0) is 14.3 Å². The van der Waals surface area contributed by atoms with E-state index in [2.05, 4.69) is 10.6 Å². The summed E-state index contributed by atoms with van der Waals surface area (Å²) in [6, 6.07) is 13.1. The SMILES string of the molecule is CCOC(=O)c1ccc(OC(C)C(=O)Nc2ccc(NC(C)=O)cc2)cc1. The average Bonchev–Trinajstić information content (AvgIpc) is 2.63. The van der Waals surface area contributed by atoms with Crippen molar-refractivity contribution in [2.24, 2.45) is 0 Å². The molecule has 2 amide bonds. The number of ether oxygens (including phenoxy) is 2. The molecule has 2 aromatic carbocycles. The van der Waals surface area contributed by atoms with Crippen molar-refractivity contribution in [1.29, 1.82) is 0 Å². The van der Waals surface area contributed by atoms with Gasteiger partial charge < -0.3 is 20.1 Å². The van der Waals surface area contributed by atoms with E-state index in [0.717, 1.165) is 0 Å². The Balaban J connectivity index is 1.91. The predicted molar refractivity (Wildman–Crippen MR) is 102 cm³/mol. The van der Waals surface area contributed by atoms with Crippen LogP contribution < -0.4 is 15.4 Å². The molecular formula is C20H22N2O5. The normalized spacial score (nSPS) is 11.2. The molecule has 0 aliphatic carbocycles. The van der Waals surface area contributed by atoms with E-state index < -0.39 is 12.1 Å². The molecule has 2 rings (SSSR count). The fourth-order valence-electron chi connectivity index (χ4n) is 2.23. The van der Waals surface area contributed by atoms with Gasteiger partial charge >= 0.3 is 5.97 Å². The third-order valence-corrected chi connectivity index (χ3v) is 3.52. The Morgan fingerprint density at radius 2 is 1.48 bits per heavy atom. The Labute approximate surface area is 157 Å². The molecule has 0 radical (unpaired) electrons. The highest BCUT2D eigenvalue weighted by Crippen LogP contribution is 2.17. The van der Waals surface area contributed by atoms with Crippen LogP contribution in [0.15, 0.2) is 48.5 Å². The molecule has 2 N–H and O–H groups in total. The Bertz CT molecular complexity index is 800. The van der Waals surface area contributed by atoms with Gasteiger partial charge in [0.15, 0.2) is 6.10 Å². The van der Waals surface area contributed by atoms with Crippen molar-refractivity contribution in [3.05, 3.63) is 54.1 Å². The number of carbonyl (C=O) groups is 3. The van der Waals surface area contributed by atoms with Gasteiger partial charge in [-0.05, 0) is 62.4 Å². The summed E-state index contributed by atoms with van der Waals surface area (Å²) in [5.41, 5.74) is 1.65. The van der Waals surface area contributed by atoms with Crippen LogP contribution in [0.4, 0.5) is 11.4 Å². The number of hydrogen-bond donors (Lipinski definition) is 2. The predicted octanol–water partition coefficient (Wildman–Crippen LogP) is 3.23. The minimum Gasteiger partial charge on any atom is -0.481 e. The van der Waals surface area contributed by atoms with Crippen LogP contribution in [0, 0.1) is 0 Å². The molecule has 0 saturated carbocycles. The third kappa shape index (κ3) is 6.14. The molecule has 0 aliphatic rings. The molecule has 0 fully saturated rings. The number of nitrogens with one attached hydrogen (secondary N) is 2. The minimum absolute atomic E-state index is 0.164. The van der Waals surface area contributed by atoms with Gasteiger partial charge in [0.1, 0.15) is 5.75 Å². The second kappa shape index (κ2) is 9.38. The number of carbonyl (C=O) groups excluding carboxylic acids is 3. The van der Waals surface area contributed by atoms with Crippen LogP contribution in [0.2, 0.25) is 0 Å². The van der Waals surface area contributed by atoms with Crippen LogP contribution in [-0.4, -0.2) is 30.5 Å². The highest BCUT2D eigenvalue weighted by atomic mass is 16.5. The lowest BCUT2D eigenvalue weighted by atomic mass is 10.2. The first kappa shape index (κ1) is 20.0. The van der Waals surface area contributed by atoms with E-state index >= 15 is 0 Å². The first-order valence-corrected chi connectivity index (χ1v) is 8.51. The van der Waals surface area contributed by atoms with Gasteiger partial charge in [0.05, 0.1) is 12.2 Å². The van der Waals surface area contributed by atoms with Gasteiger partial charge in [0, 0.05) is 18.3 Å². The molecule has 7 heteroatoms. The second-order valence-corrected chi connectivity index (χ2v) is 5.75. The molecule has 2 aromatic rings. The van der Waals surface area contributed by atoms with Gasteiger partial charge in [0.25, 0.3) is 5.91 Å². The third-order valence-electron chi connectivity index (χ3n) is 3.52. The summed E-state index contributed by atoms with van der Waals surface area (Å²) in [7, 11) is 0. The molecule has 1 unspecified atom stereocenters. The molecule has 0 aliphatic heterocycles. The molecule has 0 spiro atoms. The standard InChI is InChI=1S/C20H22N2O5/c1-4-26-20(25)15-5-11-18(12-6-15)27-13(2)19(24)22-17-9-7-16(8-10-17)21-14(3)23/h5-13H,4H2,1-3H3,(H,21,23)(H,22,24). The maximum Gasteiger partial charge on any atom is 0.338 e. The van der Waals surface area contributed by atoms with Gasteiger partial charge in [-0.25, -0.2) is 4.79 Å². The molecule has 0 saturated heterocycles. The maximum atomic E-state index is 12.3. The highest BCUT2D eigenvalue weighted by molar-refractivity contribution is 5.95. The number of esters is 1. The Hall–Kier alpha value is -3.35. The monoisotopic (exact) mass is 370 g/mol. The number of rotatable bonds is 7. The van der Waals surface area contributed by atoms with Crippen molar-refractivity contribution in [3.63, 3.8) is 0 Å². The van der Waals surface area contributed by atoms with E-state index in [1.165, 1.54) is 6.92 Å². The summed E-state index contributed by atoms with van der Waals surface area (Å²) in [5, 5.41) is 5.39. The zero-order chi connectivity index (χ0) is 19.8. The Morgan fingerprint density at radius 1 is 0.926 bits per heavy atom. The summed E-state index contributed by atoms with van der Waals surface area (Å²) in [6.45, 7) is 5.09. The highest BCUT2D eigenvalue weighted by Gasteiger charge is 2.15. The zero-order valence-electron chi connectivity index (χ0n) is 15.4. The lowest BCUT2D eigenvalue weighted by molar-refractivity contribution is -0.122. The molecule has 142 valence electrons. The molecular weight excluding hydrogens is 348 g/mol. The van der Waals surface area contributed by atoms with E-state index in [-0.39, 0.29) is 11.8 Å². The van der Waals surface area contributed by atoms with Crippen molar-refractivity contribution in [1.82, 2.24) is 0 Å². The first-order chi connectivity index (χ1) is 12.9. The Kier molecular flexibility index (Phi) is 6.93.